The maximum absolute atomic E-state index is 13.1. The lowest BCUT2D eigenvalue weighted by molar-refractivity contribution is -0.213. The molecule has 8 atom stereocenters. The summed E-state index contributed by atoms with van der Waals surface area (Å²) in [7, 11) is -16.6. The number of carbonyl (C=O) groups excluding carboxylic acids is 2. The molecule has 1 rings (SSSR count). The van der Waals surface area contributed by atoms with E-state index < -0.39 is 91.3 Å². The molecule has 374 valence electrons. The number of phosphoric acid groups is 3. The van der Waals surface area contributed by atoms with Crippen LogP contribution < -0.4 is 0 Å². The van der Waals surface area contributed by atoms with Gasteiger partial charge in [-0.2, -0.15) is 0 Å². The van der Waals surface area contributed by atoms with Crippen molar-refractivity contribution in [2.45, 2.75) is 236 Å². The quantitative estimate of drug-likeness (QED) is 0.0164. The van der Waals surface area contributed by atoms with Gasteiger partial charge in [0.1, 0.15) is 43.2 Å². The van der Waals surface area contributed by atoms with Crippen LogP contribution in [0.1, 0.15) is 194 Å². The molecule has 22 heteroatoms. The van der Waals surface area contributed by atoms with E-state index in [1.54, 1.807) is 0 Å². The van der Waals surface area contributed by atoms with E-state index in [9.17, 15) is 63.1 Å². The van der Waals surface area contributed by atoms with Gasteiger partial charge < -0.3 is 49.3 Å². The maximum atomic E-state index is 13.1. The standard InChI is InChI=1S/C41H81O19P3/c1-3-5-7-9-11-13-15-17-19-21-23-25-27-29-34(42)55-31-33(57-35(43)30-28-26-24-22-20-18-16-14-12-10-8-6-4-2)32-56-63(53,54)60-41-37(45)39(58-61(47,48)49)36(44)40(38(41)46)59-62(50,51)52/h33,36-41,44-46H,3-32H2,1-2H3,(H,53,54)(H2,47,48,49)(H2,50,51,52)/t33-,36?,37+,38+,39-,40+,41?/m0/s1. The molecular formula is C41H81O19P3. The number of hydrogen-bond acceptors (Lipinski definition) is 14. The van der Waals surface area contributed by atoms with Crippen LogP contribution in [0.4, 0.5) is 0 Å². The summed E-state index contributed by atoms with van der Waals surface area (Å²) in [6, 6.07) is 0. The zero-order valence-electron chi connectivity index (χ0n) is 37.7. The van der Waals surface area contributed by atoms with Crippen LogP contribution in [-0.2, 0) is 50.9 Å². The number of ether oxygens (including phenoxy) is 2. The summed E-state index contributed by atoms with van der Waals surface area (Å²) in [5.74, 6) is -1.30. The summed E-state index contributed by atoms with van der Waals surface area (Å²) in [6.07, 6.45) is 12.7. The monoisotopic (exact) mass is 970 g/mol. The van der Waals surface area contributed by atoms with Gasteiger partial charge in [-0.25, -0.2) is 13.7 Å². The topological polar surface area (TPSA) is 303 Å². The maximum Gasteiger partial charge on any atom is 0.472 e. The summed E-state index contributed by atoms with van der Waals surface area (Å²) in [5, 5.41) is 31.8. The summed E-state index contributed by atoms with van der Waals surface area (Å²) in [6.45, 7) is 2.92. The van der Waals surface area contributed by atoms with Crippen LogP contribution in [0.3, 0.4) is 0 Å². The van der Waals surface area contributed by atoms with Crippen LogP contribution in [0.2, 0.25) is 0 Å². The molecule has 0 radical (unpaired) electrons. The summed E-state index contributed by atoms with van der Waals surface area (Å²) >= 11 is 0. The third-order valence-corrected chi connectivity index (χ3v) is 12.9. The van der Waals surface area contributed by atoms with E-state index in [4.69, 9.17) is 18.5 Å². The first-order valence-corrected chi connectivity index (χ1v) is 27.9. The van der Waals surface area contributed by atoms with Gasteiger partial charge in [0.2, 0.25) is 0 Å². The van der Waals surface area contributed by atoms with Crippen LogP contribution in [0.15, 0.2) is 0 Å². The lowest BCUT2D eigenvalue weighted by Crippen LogP contribution is -2.65. The SMILES string of the molecule is CCCCCCCCCCCCCCCC(=O)OC[C@@H](COP(=O)(O)OC1[C@H](O)[C@H](OP(=O)(O)O)C(O)[C@H](OP(=O)(O)O)[C@H]1O)OC(=O)CCCCCCCCCCCCCCC. The van der Waals surface area contributed by atoms with Gasteiger partial charge in [-0.1, -0.05) is 168 Å². The van der Waals surface area contributed by atoms with E-state index in [2.05, 4.69) is 22.9 Å². The number of esters is 2. The molecular weight excluding hydrogens is 889 g/mol. The second-order valence-electron chi connectivity index (χ2n) is 16.7. The van der Waals surface area contributed by atoms with Gasteiger partial charge >= 0.3 is 35.4 Å². The van der Waals surface area contributed by atoms with Crippen LogP contribution in [0.25, 0.3) is 0 Å². The highest BCUT2D eigenvalue weighted by Crippen LogP contribution is 2.51. The fourth-order valence-corrected chi connectivity index (χ4v) is 9.52. The average molecular weight is 971 g/mol. The molecule has 1 aliphatic rings. The molecule has 0 spiro atoms. The lowest BCUT2D eigenvalue weighted by Gasteiger charge is -2.44. The van der Waals surface area contributed by atoms with Crippen LogP contribution >= 0.6 is 23.5 Å². The van der Waals surface area contributed by atoms with Gasteiger partial charge in [0.15, 0.2) is 6.10 Å². The minimum absolute atomic E-state index is 0.000839. The molecule has 0 bridgehead atoms. The van der Waals surface area contributed by atoms with E-state index in [-0.39, 0.29) is 12.8 Å². The second-order valence-corrected chi connectivity index (χ2v) is 20.5. The van der Waals surface area contributed by atoms with Crippen LogP contribution in [0.5, 0.6) is 0 Å². The number of aliphatic hydroxyl groups excluding tert-OH is 3. The second kappa shape index (κ2) is 34.4. The third-order valence-electron chi connectivity index (χ3n) is 10.9. The predicted molar refractivity (Wildman–Crippen MR) is 234 cm³/mol. The number of aliphatic hydroxyl groups is 3. The fourth-order valence-electron chi connectivity index (χ4n) is 7.41. The normalized spacial score (nSPS) is 22.1. The molecule has 0 saturated heterocycles. The summed E-state index contributed by atoms with van der Waals surface area (Å²) < 4.78 is 65.4. The van der Waals surface area contributed by atoms with Gasteiger partial charge in [0.25, 0.3) is 0 Å². The van der Waals surface area contributed by atoms with Crippen molar-refractivity contribution in [2.75, 3.05) is 13.2 Å². The first-order chi connectivity index (χ1) is 29.8. The minimum atomic E-state index is -5.54. The largest absolute Gasteiger partial charge is 0.472 e. The minimum Gasteiger partial charge on any atom is -0.462 e. The Hall–Kier alpha value is -0.850. The average Bonchev–Trinajstić information content (AvgIpc) is 3.20. The molecule has 1 saturated carbocycles. The number of phosphoric ester groups is 3. The third kappa shape index (κ3) is 30.9. The van der Waals surface area contributed by atoms with Crippen molar-refractivity contribution in [3.8, 4) is 0 Å². The Morgan fingerprint density at radius 1 is 0.444 bits per heavy atom. The van der Waals surface area contributed by atoms with Crippen molar-refractivity contribution in [1.82, 2.24) is 0 Å². The number of unbranched alkanes of at least 4 members (excludes halogenated alkanes) is 24. The van der Waals surface area contributed by atoms with Gasteiger partial charge in [-0.05, 0) is 12.8 Å². The highest BCUT2D eigenvalue weighted by atomic mass is 31.2. The van der Waals surface area contributed by atoms with Crippen LogP contribution in [0, 0.1) is 0 Å². The Kier molecular flexibility index (Phi) is 32.9. The predicted octanol–water partition coefficient (Wildman–Crippen LogP) is 7.96. The zero-order chi connectivity index (χ0) is 47.2. The highest BCUT2D eigenvalue weighted by Gasteiger charge is 2.56. The molecule has 63 heavy (non-hydrogen) atoms. The molecule has 1 fully saturated rings. The van der Waals surface area contributed by atoms with E-state index in [0.717, 1.165) is 57.8 Å². The molecule has 0 heterocycles. The highest BCUT2D eigenvalue weighted by molar-refractivity contribution is 7.47. The van der Waals surface area contributed by atoms with Gasteiger partial charge in [-0.15, -0.1) is 0 Å². The van der Waals surface area contributed by atoms with E-state index >= 15 is 0 Å². The Morgan fingerprint density at radius 3 is 1.08 bits per heavy atom. The molecule has 0 aliphatic heterocycles. The first-order valence-electron chi connectivity index (χ1n) is 23.3. The van der Waals surface area contributed by atoms with Crippen molar-refractivity contribution in [3.63, 3.8) is 0 Å². The molecule has 1 aliphatic carbocycles. The first kappa shape index (κ1) is 60.2. The van der Waals surface area contributed by atoms with Gasteiger partial charge in [-0.3, -0.25) is 27.7 Å². The Labute approximate surface area is 374 Å². The fraction of sp³-hybridized carbons (Fsp3) is 0.951. The van der Waals surface area contributed by atoms with E-state index in [0.29, 0.717) is 12.8 Å². The van der Waals surface area contributed by atoms with E-state index in [1.807, 2.05) is 0 Å². The Bertz CT molecular complexity index is 1310. The molecule has 0 aromatic heterocycles. The Balaban J connectivity index is 2.76. The molecule has 3 unspecified atom stereocenters. The van der Waals surface area contributed by atoms with Crippen molar-refractivity contribution in [1.29, 1.82) is 0 Å². The molecule has 8 N–H and O–H groups in total. The number of carbonyl (C=O) groups is 2. The van der Waals surface area contributed by atoms with E-state index in [1.165, 1.54) is 96.3 Å². The number of rotatable bonds is 40. The van der Waals surface area contributed by atoms with Crippen molar-refractivity contribution < 1.29 is 90.6 Å². The smallest absolute Gasteiger partial charge is 0.462 e. The van der Waals surface area contributed by atoms with Crippen molar-refractivity contribution in [2.24, 2.45) is 0 Å². The zero-order valence-corrected chi connectivity index (χ0v) is 40.3. The lowest BCUT2D eigenvalue weighted by atomic mass is 9.85. The molecule has 0 aromatic carbocycles. The van der Waals surface area contributed by atoms with Crippen molar-refractivity contribution >= 4 is 35.4 Å². The van der Waals surface area contributed by atoms with Gasteiger partial charge in [0, 0.05) is 12.8 Å². The summed E-state index contributed by atoms with van der Waals surface area (Å²) in [5.41, 5.74) is 0. The van der Waals surface area contributed by atoms with Crippen LogP contribution in [-0.4, -0.2) is 108 Å². The Morgan fingerprint density at radius 2 is 0.746 bits per heavy atom. The molecule has 19 nitrogen and oxygen atoms in total. The van der Waals surface area contributed by atoms with Crippen molar-refractivity contribution in [3.05, 3.63) is 0 Å². The molecule has 0 amide bonds. The molecule has 0 aromatic rings. The van der Waals surface area contributed by atoms with Gasteiger partial charge in [0.05, 0.1) is 6.61 Å². The summed E-state index contributed by atoms with van der Waals surface area (Å²) in [4.78, 5) is 73.1. The number of hydrogen-bond donors (Lipinski definition) is 8.